The Morgan fingerprint density at radius 1 is 1.05 bits per heavy atom. The Kier molecular flexibility index (Phi) is 8.00. The molecule has 1 saturated heterocycles. The molecule has 198 valence electrons. The standard InChI is InChI=1S/C24H24F6N6O/c1-13-19(26)16(25)10-18(20(13)27)33-22-34-21(35-23(36-22)37-12-24(28,29)30)32-17(15-7-8-31-11-15)9-14-5-3-2-4-6-14/h2-6,10,15,17,31H,7-9,11-12H2,1H3,(H2,32,33,34,35,36). The first-order chi connectivity index (χ1) is 17.6. The molecule has 1 aromatic heterocycles. The summed E-state index contributed by atoms with van der Waals surface area (Å²) in [7, 11) is 0. The Hall–Kier alpha value is -3.61. The van der Waals surface area contributed by atoms with Crippen LogP contribution in [0.2, 0.25) is 0 Å². The maximum Gasteiger partial charge on any atom is 0.422 e. The number of nitrogens with one attached hydrogen (secondary N) is 3. The third-order valence-corrected chi connectivity index (χ3v) is 5.88. The number of hydrogen-bond donors (Lipinski definition) is 3. The van der Waals surface area contributed by atoms with Crippen molar-refractivity contribution in [3.8, 4) is 6.01 Å². The molecule has 0 aliphatic carbocycles. The highest BCUT2D eigenvalue weighted by Gasteiger charge is 2.30. The zero-order chi connectivity index (χ0) is 26.6. The number of rotatable bonds is 9. The number of hydrogen-bond acceptors (Lipinski definition) is 7. The lowest BCUT2D eigenvalue weighted by atomic mass is 9.93. The molecule has 2 heterocycles. The molecule has 1 aliphatic rings. The van der Waals surface area contributed by atoms with Gasteiger partial charge >= 0.3 is 12.2 Å². The lowest BCUT2D eigenvalue weighted by molar-refractivity contribution is -0.154. The molecule has 0 saturated carbocycles. The fraction of sp³-hybridized carbons (Fsp3) is 0.375. The van der Waals surface area contributed by atoms with Gasteiger partial charge in [-0.3, -0.25) is 0 Å². The summed E-state index contributed by atoms with van der Waals surface area (Å²) in [4.78, 5) is 11.9. The summed E-state index contributed by atoms with van der Waals surface area (Å²) >= 11 is 0. The van der Waals surface area contributed by atoms with E-state index in [4.69, 9.17) is 4.74 Å². The van der Waals surface area contributed by atoms with Crippen molar-refractivity contribution in [2.75, 3.05) is 30.3 Å². The molecule has 3 aromatic rings. The van der Waals surface area contributed by atoms with Crippen LogP contribution in [0.1, 0.15) is 17.5 Å². The first kappa shape index (κ1) is 26.5. The molecule has 7 nitrogen and oxygen atoms in total. The van der Waals surface area contributed by atoms with Crippen LogP contribution in [-0.4, -0.2) is 46.9 Å². The highest BCUT2D eigenvalue weighted by molar-refractivity contribution is 5.57. The van der Waals surface area contributed by atoms with E-state index in [1.807, 2.05) is 30.3 Å². The molecule has 2 atom stereocenters. The molecule has 4 rings (SSSR count). The quantitative estimate of drug-likeness (QED) is 0.270. The predicted octanol–water partition coefficient (Wildman–Crippen LogP) is 4.91. The SMILES string of the molecule is Cc1c(F)c(F)cc(Nc2nc(NC(Cc3ccccc3)C3CCNC3)nc(OCC(F)(F)F)n2)c1F. The molecule has 0 radical (unpaired) electrons. The van der Waals surface area contributed by atoms with Gasteiger partial charge in [0.2, 0.25) is 11.9 Å². The van der Waals surface area contributed by atoms with Gasteiger partial charge in [0.1, 0.15) is 0 Å². The molecule has 0 amide bonds. The predicted molar refractivity (Wildman–Crippen MR) is 124 cm³/mol. The summed E-state index contributed by atoms with van der Waals surface area (Å²) in [5, 5.41) is 8.82. The Bertz CT molecular complexity index is 1220. The van der Waals surface area contributed by atoms with Crippen LogP contribution in [0.25, 0.3) is 0 Å². The fourth-order valence-corrected chi connectivity index (χ4v) is 4.02. The first-order valence-corrected chi connectivity index (χ1v) is 11.5. The summed E-state index contributed by atoms with van der Waals surface area (Å²) in [5.74, 6) is -4.17. The van der Waals surface area contributed by atoms with Crippen LogP contribution in [0.15, 0.2) is 36.4 Å². The molecule has 0 spiro atoms. The van der Waals surface area contributed by atoms with Crippen molar-refractivity contribution in [1.29, 1.82) is 0 Å². The van der Waals surface area contributed by atoms with Gasteiger partial charge in [-0.1, -0.05) is 30.3 Å². The number of halogens is 6. The number of alkyl halides is 3. The summed E-state index contributed by atoms with van der Waals surface area (Å²) < 4.78 is 85.1. The van der Waals surface area contributed by atoms with Gasteiger partial charge in [0.15, 0.2) is 24.1 Å². The molecular weight excluding hydrogens is 502 g/mol. The van der Waals surface area contributed by atoms with Gasteiger partial charge in [0.05, 0.1) is 5.69 Å². The number of ether oxygens (including phenoxy) is 1. The monoisotopic (exact) mass is 526 g/mol. The van der Waals surface area contributed by atoms with Crippen molar-refractivity contribution in [2.45, 2.75) is 32.0 Å². The van der Waals surface area contributed by atoms with Crippen molar-refractivity contribution >= 4 is 17.6 Å². The summed E-state index contributed by atoms with van der Waals surface area (Å²) in [5.41, 5.74) is -0.0663. The van der Waals surface area contributed by atoms with Crippen LogP contribution in [0, 0.1) is 30.3 Å². The fourth-order valence-electron chi connectivity index (χ4n) is 4.02. The summed E-state index contributed by atoms with van der Waals surface area (Å²) in [6.07, 6.45) is -3.25. The van der Waals surface area contributed by atoms with E-state index in [2.05, 4.69) is 30.9 Å². The van der Waals surface area contributed by atoms with Gasteiger partial charge in [0, 0.05) is 17.7 Å². The average molecular weight is 526 g/mol. The van der Waals surface area contributed by atoms with Gasteiger partial charge in [-0.2, -0.15) is 28.1 Å². The van der Waals surface area contributed by atoms with Crippen LogP contribution in [0.4, 0.5) is 43.9 Å². The van der Waals surface area contributed by atoms with E-state index >= 15 is 0 Å². The van der Waals surface area contributed by atoms with Crippen molar-refractivity contribution < 1.29 is 31.1 Å². The Morgan fingerprint density at radius 2 is 1.78 bits per heavy atom. The van der Waals surface area contributed by atoms with Gasteiger partial charge < -0.3 is 20.7 Å². The molecule has 1 aliphatic heterocycles. The molecule has 2 unspecified atom stereocenters. The molecule has 0 bridgehead atoms. The smallest absolute Gasteiger partial charge is 0.422 e. The maximum atomic E-state index is 14.5. The van der Waals surface area contributed by atoms with Crippen molar-refractivity contribution in [3.05, 3.63) is 65.0 Å². The van der Waals surface area contributed by atoms with Crippen molar-refractivity contribution in [2.24, 2.45) is 5.92 Å². The number of nitrogens with zero attached hydrogens (tertiary/aromatic N) is 3. The lowest BCUT2D eigenvalue weighted by Gasteiger charge is -2.25. The van der Waals surface area contributed by atoms with E-state index in [1.54, 1.807) is 0 Å². The highest BCUT2D eigenvalue weighted by atomic mass is 19.4. The average Bonchev–Trinajstić information content (AvgIpc) is 3.40. The summed E-state index contributed by atoms with van der Waals surface area (Å²) in [6, 6.07) is 9.24. The minimum Gasteiger partial charge on any atom is -0.454 e. The zero-order valence-corrected chi connectivity index (χ0v) is 19.7. The van der Waals surface area contributed by atoms with Crippen LogP contribution in [0.5, 0.6) is 6.01 Å². The largest absolute Gasteiger partial charge is 0.454 e. The Morgan fingerprint density at radius 3 is 2.46 bits per heavy atom. The third-order valence-electron chi connectivity index (χ3n) is 5.88. The van der Waals surface area contributed by atoms with E-state index in [0.717, 1.165) is 25.5 Å². The topological polar surface area (TPSA) is 84.0 Å². The second-order valence-corrected chi connectivity index (χ2v) is 8.65. The number of benzene rings is 2. The van der Waals surface area contributed by atoms with Crippen LogP contribution < -0.4 is 20.7 Å². The van der Waals surface area contributed by atoms with E-state index in [0.29, 0.717) is 19.0 Å². The van der Waals surface area contributed by atoms with E-state index in [9.17, 15) is 26.3 Å². The Labute approximate surface area is 208 Å². The second-order valence-electron chi connectivity index (χ2n) is 8.65. The van der Waals surface area contributed by atoms with Gasteiger partial charge in [-0.05, 0) is 44.3 Å². The molecular formula is C24H24F6N6O. The number of aromatic nitrogens is 3. The van der Waals surface area contributed by atoms with E-state index in [-0.39, 0.29) is 17.9 Å². The molecule has 2 aromatic carbocycles. The zero-order valence-electron chi connectivity index (χ0n) is 19.7. The van der Waals surface area contributed by atoms with Gasteiger partial charge in [0.25, 0.3) is 0 Å². The molecule has 3 N–H and O–H groups in total. The lowest BCUT2D eigenvalue weighted by Crippen LogP contribution is -2.33. The minimum atomic E-state index is -4.66. The molecule has 1 fully saturated rings. The first-order valence-electron chi connectivity index (χ1n) is 11.5. The van der Waals surface area contributed by atoms with Gasteiger partial charge in [-0.15, -0.1) is 0 Å². The van der Waals surface area contributed by atoms with E-state index < -0.39 is 53.4 Å². The van der Waals surface area contributed by atoms with Crippen LogP contribution in [0.3, 0.4) is 0 Å². The molecule has 13 heteroatoms. The molecule has 37 heavy (non-hydrogen) atoms. The normalized spacial score (nSPS) is 16.5. The maximum absolute atomic E-state index is 14.5. The number of anilines is 3. The van der Waals surface area contributed by atoms with Crippen molar-refractivity contribution in [3.63, 3.8) is 0 Å². The Balaban J connectivity index is 1.65. The summed E-state index contributed by atoms with van der Waals surface area (Å²) in [6.45, 7) is 0.878. The minimum absolute atomic E-state index is 0.123. The van der Waals surface area contributed by atoms with Gasteiger partial charge in [-0.25, -0.2) is 13.2 Å². The van der Waals surface area contributed by atoms with E-state index in [1.165, 1.54) is 0 Å². The van der Waals surface area contributed by atoms with Crippen LogP contribution >= 0.6 is 0 Å². The highest BCUT2D eigenvalue weighted by Crippen LogP contribution is 2.27. The second kappa shape index (κ2) is 11.2. The third kappa shape index (κ3) is 7.00. The van der Waals surface area contributed by atoms with Crippen molar-refractivity contribution in [1.82, 2.24) is 20.3 Å². The van der Waals surface area contributed by atoms with Crippen LogP contribution in [-0.2, 0) is 6.42 Å².